The van der Waals surface area contributed by atoms with Crippen molar-refractivity contribution in [3.8, 4) is 0 Å². The van der Waals surface area contributed by atoms with Gasteiger partial charge in [-0.3, -0.25) is 4.90 Å². The highest BCUT2D eigenvalue weighted by Crippen LogP contribution is 2.29. The second-order valence-electron chi connectivity index (χ2n) is 7.46. The highest BCUT2D eigenvalue weighted by Gasteiger charge is 2.28. The van der Waals surface area contributed by atoms with Crippen molar-refractivity contribution in [2.45, 2.75) is 53.4 Å². The quantitative estimate of drug-likeness (QED) is 0.773. The zero-order chi connectivity index (χ0) is 16.2. The molecule has 0 bridgehead atoms. The number of carbonyl (C=O) groups is 1. The lowest BCUT2D eigenvalue weighted by atomic mass is 9.92. The van der Waals surface area contributed by atoms with E-state index >= 15 is 0 Å². The summed E-state index contributed by atoms with van der Waals surface area (Å²) in [7, 11) is 0. The summed E-state index contributed by atoms with van der Waals surface area (Å²) in [5.74, 6) is 0. The molecular weight excluding hydrogens is 272 g/mol. The lowest BCUT2D eigenvalue weighted by Gasteiger charge is -2.31. The van der Waals surface area contributed by atoms with Crippen LogP contribution in [-0.4, -0.2) is 30.6 Å². The molecule has 2 rings (SSSR count). The molecule has 3 nitrogen and oxygen atoms in total. The van der Waals surface area contributed by atoms with Gasteiger partial charge in [0.2, 0.25) is 0 Å². The maximum Gasteiger partial charge on any atom is 0.324 e. The van der Waals surface area contributed by atoms with E-state index in [2.05, 4.69) is 50.8 Å². The number of hydrogen-bond acceptors (Lipinski definition) is 1. The van der Waals surface area contributed by atoms with E-state index < -0.39 is 0 Å². The van der Waals surface area contributed by atoms with Crippen molar-refractivity contribution in [3.05, 3.63) is 29.8 Å². The van der Waals surface area contributed by atoms with E-state index in [1.165, 1.54) is 5.56 Å². The van der Waals surface area contributed by atoms with Crippen molar-refractivity contribution in [2.24, 2.45) is 5.41 Å². The molecule has 0 saturated carbocycles. The number of nitrogens with zero attached hydrogens (tertiary/aromatic N) is 2. The Hall–Kier alpha value is -1.51. The largest absolute Gasteiger partial charge is 0.324 e. The number of rotatable bonds is 5. The van der Waals surface area contributed by atoms with Gasteiger partial charge in [-0.15, -0.1) is 0 Å². The number of para-hydroxylation sites is 1. The van der Waals surface area contributed by atoms with Crippen LogP contribution in [0.15, 0.2) is 24.3 Å². The molecule has 3 heteroatoms. The first kappa shape index (κ1) is 16.9. The van der Waals surface area contributed by atoms with Gasteiger partial charge in [-0.05, 0) is 36.3 Å². The number of benzene rings is 1. The van der Waals surface area contributed by atoms with Gasteiger partial charge >= 0.3 is 6.03 Å². The third-order valence-electron chi connectivity index (χ3n) is 4.30. The number of urea groups is 1. The average molecular weight is 302 g/mol. The monoisotopic (exact) mass is 302 g/mol. The minimum atomic E-state index is 0.183. The van der Waals surface area contributed by atoms with Gasteiger partial charge in [-0.1, -0.05) is 52.3 Å². The summed E-state index contributed by atoms with van der Waals surface area (Å²) in [4.78, 5) is 17.0. The van der Waals surface area contributed by atoms with Crippen molar-refractivity contribution < 1.29 is 4.79 Å². The predicted molar refractivity (Wildman–Crippen MR) is 93.4 cm³/mol. The molecule has 0 atom stereocenters. The second-order valence-corrected chi connectivity index (χ2v) is 7.46. The van der Waals surface area contributed by atoms with Crippen LogP contribution in [-0.2, 0) is 6.42 Å². The first-order valence-corrected chi connectivity index (χ1v) is 8.57. The molecule has 1 heterocycles. The SMILES string of the molecule is CCCCN(CCC(C)(C)C)C(=O)N1CCc2ccccc21. The molecule has 0 aromatic heterocycles. The van der Waals surface area contributed by atoms with Crippen molar-refractivity contribution in [1.82, 2.24) is 4.90 Å². The fraction of sp³-hybridized carbons (Fsp3) is 0.632. The van der Waals surface area contributed by atoms with Gasteiger partial charge in [-0.2, -0.15) is 0 Å². The zero-order valence-electron chi connectivity index (χ0n) is 14.6. The Labute approximate surface area is 135 Å². The smallest absolute Gasteiger partial charge is 0.324 e. The van der Waals surface area contributed by atoms with Crippen LogP contribution in [0, 0.1) is 5.41 Å². The Balaban J connectivity index is 2.08. The van der Waals surface area contributed by atoms with E-state index in [4.69, 9.17) is 0 Å². The summed E-state index contributed by atoms with van der Waals surface area (Å²) < 4.78 is 0. The van der Waals surface area contributed by atoms with Crippen LogP contribution < -0.4 is 4.90 Å². The summed E-state index contributed by atoms with van der Waals surface area (Å²) in [6, 6.07) is 8.47. The molecule has 0 fully saturated rings. The number of anilines is 1. The van der Waals surface area contributed by atoms with Crippen molar-refractivity contribution in [1.29, 1.82) is 0 Å². The number of unbranched alkanes of at least 4 members (excludes halogenated alkanes) is 1. The molecule has 1 aliphatic rings. The maximum absolute atomic E-state index is 13.0. The Bertz CT molecular complexity index is 504. The molecule has 122 valence electrons. The first-order chi connectivity index (χ1) is 10.4. The Morgan fingerprint density at radius 1 is 1.23 bits per heavy atom. The maximum atomic E-state index is 13.0. The van der Waals surface area contributed by atoms with Gasteiger partial charge in [0.1, 0.15) is 0 Å². The second kappa shape index (κ2) is 7.17. The summed E-state index contributed by atoms with van der Waals surface area (Å²) in [6.45, 7) is 11.4. The van der Waals surface area contributed by atoms with E-state index in [1.54, 1.807) is 0 Å². The molecule has 1 aliphatic heterocycles. The molecule has 0 N–H and O–H groups in total. The summed E-state index contributed by atoms with van der Waals surface area (Å²) in [5.41, 5.74) is 2.65. The fourth-order valence-electron chi connectivity index (χ4n) is 2.83. The standard InChI is InChI=1S/C19H30N2O/c1-5-6-13-20(15-12-19(2,3)4)18(22)21-14-11-16-9-7-8-10-17(16)21/h7-10H,5-6,11-15H2,1-4H3. The van der Waals surface area contributed by atoms with Gasteiger partial charge in [0, 0.05) is 25.3 Å². The van der Waals surface area contributed by atoms with Gasteiger partial charge < -0.3 is 4.90 Å². The molecule has 2 amide bonds. The van der Waals surface area contributed by atoms with Crippen molar-refractivity contribution in [3.63, 3.8) is 0 Å². The molecule has 0 saturated heterocycles. The molecule has 1 aromatic carbocycles. The Morgan fingerprint density at radius 2 is 1.95 bits per heavy atom. The molecule has 0 spiro atoms. The van der Waals surface area contributed by atoms with Crippen LogP contribution >= 0.6 is 0 Å². The minimum Gasteiger partial charge on any atom is -0.324 e. The van der Waals surface area contributed by atoms with Crippen LogP contribution in [0.4, 0.5) is 10.5 Å². The molecule has 1 aromatic rings. The highest BCUT2D eigenvalue weighted by atomic mass is 16.2. The number of amides is 2. The fourth-order valence-corrected chi connectivity index (χ4v) is 2.83. The van der Waals surface area contributed by atoms with Crippen LogP contribution in [0.1, 0.15) is 52.5 Å². The Morgan fingerprint density at radius 3 is 2.64 bits per heavy atom. The third-order valence-corrected chi connectivity index (χ3v) is 4.30. The van der Waals surface area contributed by atoms with Crippen LogP contribution in [0.5, 0.6) is 0 Å². The van der Waals surface area contributed by atoms with E-state index in [9.17, 15) is 4.79 Å². The van der Waals surface area contributed by atoms with Crippen molar-refractivity contribution in [2.75, 3.05) is 24.5 Å². The summed E-state index contributed by atoms with van der Waals surface area (Å²) >= 11 is 0. The number of fused-ring (bicyclic) bond motifs is 1. The normalized spacial score (nSPS) is 14.1. The van der Waals surface area contributed by atoms with Crippen LogP contribution in [0.25, 0.3) is 0 Å². The molecule has 22 heavy (non-hydrogen) atoms. The van der Waals surface area contributed by atoms with E-state index in [1.807, 2.05) is 11.0 Å². The van der Waals surface area contributed by atoms with E-state index in [-0.39, 0.29) is 11.4 Å². The molecular formula is C19H30N2O. The van der Waals surface area contributed by atoms with Crippen LogP contribution in [0.3, 0.4) is 0 Å². The van der Waals surface area contributed by atoms with E-state index in [0.717, 1.165) is 51.0 Å². The zero-order valence-corrected chi connectivity index (χ0v) is 14.6. The van der Waals surface area contributed by atoms with Gasteiger partial charge in [0.05, 0.1) is 0 Å². The molecule has 0 unspecified atom stereocenters. The topological polar surface area (TPSA) is 23.6 Å². The van der Waals surface area contributed by atoms with Gasteiger partial charge in [0.25, 0.3) is 0 Å². The third kappa shape index (κ3) is 4.25. The van der Waals surface area contributed by atoms with Gasteiger partial charge in [0.15, 0.2) is 0 Å². The number of hydrogen-bond donors (Lipinski definition) is 0. The first-order valence-electron chi connectivity index (χ1n) is 8.57. The predicted octanol–water partition coefficient (Wildman–Crippen LogP) is 4.71. The average Bonchev–Trinajstić information content (AvgIpc) is 2.89. The minimum absolute atomic E-state index is 0.183. The molecule has 0 radical (unpaired) electrons. The summed E-state index contributed by atoms with van der Waals surface area (Å²) in [5, 5.41) is 0. The number of carbonyl (C=O) groups excluding carboxylic acids is 1. The summed E-state index contributed by atoms with van der Waals surface area (Å²) in [6.07, 6.45) is 4.21. The molecule has 0 aliphatic carbocycles. The van der Waals surface area contributed by atoms with Crippen LogP contribution in [0.2, 0.25) is 0 Å². The van der Waals surface area contributed by atoms with E-state index in [0.29, 0.717) is 0 Å². The lowest BCUT2D eigenvalue weighted by molar-refractivity contribution is 0.194. The Kier molecular flexibility index (Phi) is 5.49. The van der Waals surface area contributed by atoms with Crippen molar-refractivity contribution >= 4 is 11.7 Å². The highest BCUT2D eigenvalue weighted by molar-refractivity contribution is 5.94. The van der Waals surface area contributed by atoms with Gasteiger partial charge in [-0.25, -0.2) is 4.79 Å². The lowest BCUT2D eigenvalue weighted by Crippen LogP contribution is -2.44.